The van der Waals surface area contributed by atoms with Gasteiger partial charge in [0.25, 0.3) is 0 Å². The SMILES string of the molecule is CNC1CC1c1ccccc1-c1ccc(Cl)cc1.Cl. The lowest BCUT2D eigenvalue weighted by molar-refractivity contribution is 0.784. The molecule has 3 rings (SSSR count). The Hall–Kier alpha value is -1.02. The zero-order valence-electron chi connectivity index (χ0n) is 10.8. The molecule has 0 heterocycles. The fourth-order valence-electron chi connectivity index (χ4n) is 2.57. The lowest BCUT2D eigenvalue weighted by atomic mass is 9.96. The second kappa shape index (κ2) is 5.96. The molecular weight excluding hydrogens is 277 g/mol. The Morgan fingerprint density at radius 3 is 2.37 bits per heavy atom. The Kier molecular flexibility index (Phi) is 4.51. The van der Waals surface area contributed by atoms with Crippen molar-refractivity contribution in [3.63, 3.8) is 0 Å². The highest BCUT2D eigenvalue weighted by Crippen LogP contribution is 2.44. The molecule has 1 aliphatic rings. The Bertz CT molecular complexity index is 551. The van der Waals surface area contributed by atoms with E-state index in [-0.39, 0.29) is 12.4 Å². The van der Waals surface area contributed by atoms with Crippen LogP contribution in [0.4, 0.5) is 0 Å². The number of rotatable bonds is 3. The third-order valence-corrected chi connectivity index (χ3v) is 3.93. The van der Waals surface area contributed by atoms with Gasteiger partial charge in [0.05, 0.1) is 0 Å². The molecule has 2 aromatic rings. The van der Waals surface area contributed by atoms with E-state index in [1.165, 1.54) is 23.1 Å². The second-order valence-electron chi connectivity index (χ2n) is 4.83. The zero-order chi connectivity index (χ0) is 12.5. The van der Waals surface area contributed by atoms with Crippen LogP contribution in [0.5, 0.6) is 0 Å². The van der Waals surface area contributed by atoms with Gasteiger partial charge in [-0.15, -0.1) is 12.4 Å². The molecule has 0 spiro atoms. The molecular formula is C16H17Cl2N. The molecule has 0 saturated heterocycles. The Labute approximate surface area is 125 Å². The van der Waals surface area contributed by atoms with Crippen molar-refractivity contribution in [1.82, 2.24) is 5.32 Å². The summed E-state index contributed by atoms with van der Waals surface area (Å²) in [6.07, 6.45) is 1.24. The summed E-state index contributed by atoms with van der Waals surface area (Å²) in [7, 11) is 2.04. The maximum absolute atomic E-state index is 5.95. The van der Waals surface area contributed by atoms with Crippen molar-refractivity contribution in [1.29, 1.82) is 0 Å². The molecule has 1 saturated carbocycles. The average molecular weight is 294 g/mol. The molecule has 100 valence electrons. The molecule has 2 aromatic carbocycles. The molecule has 0 bridgehead atoms. The van der Waals surface area contributed by atoms with Crippen molar-refractivity contribution in [3.05, 3.63) is 59.1 Å². The summed E-state index contributed by atoms with van der Waals surface area (Å²) >= 11 is 5.95. The van der Waals surface area contributed by atoms with E-state index in [0.717, 1.165) is 5.02 Å². The van der Waals surface area contributed by atoms with Crippen LogP contribution < -0.4 is 5.32 Å². The van der Waals surface area contributed by atoms with E-state index in [9.17, 15) is 0 Å². The maximum Gasteiger partial charge on any atom is 0.0406 e. The van der Waals surface area contributed by atoms with Crippen LogP contribution in [0.25, 0.3) is 11.1 Å². The first-order valence-corrected chi connectivity index (χ1v) is 6.69. The molecule has 2 unspecified atom stereocenters. The minimum Gasteiger partial charge on any atom is -0.316 e. The van der Waals surface area contributed by atoms with Crippen molar-refractivity contribution in [3.8, 4) is 11.1 Å². The molecule has 1 fully saturated rings. The Morgan fingerprint density at radius 1 is 1.05 bits per heavy atom. The summed E-state index contributed by atoms with van der Waals surface area (Å²) in [5.41, 5.74) is 4.02. The van der Waals surface area contributed by atoms with E-state index in [2.05, 4.69) is 41.7 Å². The van der Waals surface area contributed by atoms with E-state index in [4.69, 9.17) is 11.6 Å². The molecule has 0 aromatic heterocycles. The van der Waals surface area contributed by atoms with Crippen molar-refractivity contribution in [2.45, 2.75) is 18.4 Å². The lowest BCUT2D eigenvalue weighted by Crippen LogP contribution is -2.10. The van der Waals surface area contributed by atoms with E-state index in [1.807, 2.05) is 19.2 Å². The number of nitrogens with one attached hydrogen (secondary N) is 1. The Morgan fingerprint density at radius 2 is 1.74 bits per heavy atom. The first-order valence-electron chi connectivity index (χ1n) is 6.31. The summed E-state index contributed by atoms with van der Waals surface area (Å²) in [6, 6.07) is 17.4. The van der Waals surface area contributed by atoms with Crippen molar-refractivity contribution < 1.29 is 0 Å². The van der Waals surface area contributed by atoms with Crippen molar-refractivity contribution >= 4 is 24.0 Å². The highest BCUT2D eigenvalue weighted by molar-refractivity contribution is 6.30. The molecule has 1 nitrogen and oxygen atoms in total. The van der Waals surface area contributed by atoms with Gasteiger partial charge in [-0.2, -0.15) is 0 Å². The average Bonchev–Trinajstić information content (AvgIpc) is 3.19. The standard InChI is InChI=1S/C16H16ClN.ClH/c1-18-16-10-15(16)14-5-3-2-4-13(14)11-6-8-12(17)9-7-11;/h2-9,15-16,18H,10H2,1H3;1H. The number of hydrogen-bond acceptors (Lipinski definition) is 1. The molecule has 1 aliphatic carbocycles. The van der Waals surface area contributed by atoms with Gasteiger partial charge in [0.15, 0.2) is 0 Å². The highest BCUT2D eigenvalue weighted by Gasteiger charge is 2.38. The number of benzene rings is 2. The van der Waals surface area contributed by atoms with Gasteiger partial charge in [0, 0.05) is 17.0 Å². The summed E-state index contributed by atoms with van der Waals surface area (Å²) < 4.78 is 0. The summed E-state index contributed by atoms with van der Waals surface area (Å²) in [5.74, 6) is 0.655. The predicted octanol–water partition coefficient (Wildman–Crippen LogP) is 4.50. The van der Waals surface area contributed by atoms with Crippen LogP contribution in [0.2, 0.25) is 5.02 Å². The van der Waals surface area contributed by atoms with Crippen LogP contribution >= 0.6 is 24.0 Å². The molecule has 0 radical (unpaired) electrons. The van der Waals surface area contributed by atoms with Crippen LogP contribution in [0, 0.1) is 0 Å². The molecule has 1 N–H and O–H groups in total. The second-order valence-corrected chi connectivity index (χ2v) is 5.27. The largest absolute Gasteiger partial charge is 0.316 e. The summed E-state index contributed by atoms with van der Waals surface area (Å²) in [6.45, 7) is 0. The van der Waals surface area contributed by atoms with Crippen LogP contribution in [0.15, 0.2) is 48.5 Å². The minimum absolute atomic E-state index is 0. The fraction of sp³-hybridized carbons (Fsp3) is 0.250. The normalized spacial score (nSPS) is 20.7. The van der Waals surface area contributed by atoms with E-state index in [0.29, 0.717) is 12.0 Å². The summed E-state index contributed by atoms with van der Waals surface area (Å²) in [4.78, 5) is 0. The molecule has 0 aliphatic heterocycles. The quantitative estimate of drug-likeness (QED) is 0.878. The first-order chi connectivity index (χ1) is 8.79. The number of likely N-dealkylation sites (N-methyl/N-ethyl adjacent to an activating group) is 1. The first kappa shape index (κ1) is 14.4. The predicted molar refractivity (Wildman–Crippen MR) is 84.3 cm³/mol. The van der Waals surface area contributed by atoms with E-state index < -0.39 is 0 Å². The van der Waals surface area contributed by atoms with Gasteiger partial charge in [-0.3, -0.25) is 0 Å². The van der Waals surface area contributed by atoms with Gasteiger partial charge in [0.2, 0.25) is 0 Å². The molecule has 0 amide bonds. The topological polar surface area (TPSA) is 12.0 Å². The highest BCUT2D eigenvalue weighted by atomic mass is 35.5. The number of hydrogen-bond donors (Lipinski definition) is 1. The lowest BCUT2D eigenvalue weighted by Gasteiger charge is -2.09. The third kappa shape index (κ3) is 2.94. The van der Waals surface area contributed by atoms with Crippen molar-refractivity contribution in [2.75, 3.05) is 7.05 Å². The molecule has 2 atom stereocenters. The van der Waals surface area contributed by atoms with Gasteiger partial charge < -0.3 is 5.32 Å². The fourth-order valence-corrected chi connectivity index (χ4v) is 2.70. The van der Waals surface area contributed by atoms with Crippen LogP contribution in [0.3, 0.4) is 0 Å². The van der Waals surface area contributed by atoms with Gasteiger partial charge >= 0.3 is 0 Å². The van der Waals surface area contributed by atoms with Crippen LogP contribution in [-0.4, -0.2) is 13.1 Å². The van der Waals surface area contributed by atoms with Crippen LogP contribution in [0.1, 0.15) is 17.9 Å². The Balaban J connectivity index is 0.00000133. The molecule has 19 heavy (non-hydrogen) atoms. The number of halogens is 2. The molecule has 3 heteroatoms. The van der Waals surface area contributed by atoms with Crippen LogP contribution in [-0.2, 0) is 0 Å². The minimum atomic E-state index is 0. The zero-order valence-corrected chi connectivity index (χ0v) is 12.3. The van der Waals surface area contributed by atoms with Gasteiger partial charge in [-0.25, -0.2) is 0 Å². The van der Waals surface area contributed by atoms with Gasteiger partial charge in [0.1, 0.15) is 0 Å². The smallest absolute Gasteiger partial charge is 0.0406 e. The van der Waals surface area contributed by atoms with E-state index in [1.54, 1.807) is 0 Å². The summed E-state index contributed by atoms with van der Waals surface area (Å²) in [5, 5.41) is 4.14. The van der Waals surface area contributed by atoms with Gasteiger partial charge in [-0.05, 0) is 42.3 Å². The van der Waals surface area contributed by atoms with E-state index >= 15 is 0 Å². The van der Waals surface area contributed by atoms with Crippen molar-refractivity contribution in [2.24, 2.45) is 0 Å². The maximum atomic E-state index is 5.95. The monoisotopic (exact) mass is 293 g/mol. The third-order valence-electron chi connectivity index (χ3n) is 3.68. The van der Waals surface area contributed by atoms with Gasteiger partial charge in [-0.1, -0.05) is 48.0 Å².